The van der Waals surface area contributed by atoms with E-state index in [1.807, 2.05) is 17.0 Å². The maximum absolute atomic E-state index is 12.7. The van der Waals surface area contributed by atoms with Crippen molar-refractivity contribution in [2.24, 2.45) is 5.41 Å². The Morgan fingerprint density at radius 2 is 2.00 bits per heavy atom. The highest BCUT2D eigenvalue weighted by molar-refractivity contribution is 5.87. The van der Waals surface area contributed by atoms with Gasteiger partial charge >= 0.3 is 0 Å². The SMILES string of the molecule is O=C1CC2(CCN(C(=O)C3Cc4ccccc43)CC2)CN1. The molecule has 1 atom stereocenters. The van der Waals surface area contributed by atoms with Crippen molar-refractivity contribution in [3.63, 3.8) is 0 Å². The van der Waals surface area contributed by atoms with Crippen LogP contribution in [0.5, 0.6) is 0 Å². The van der Waals surface area contributed by atoms with E-state index in [0.29, 0.717) is 6.42 Å². The van der Waals surface area contributed by atoms with Crippen molar-refractivity contribution in [1.82, 2.24) is 10.2 Å². The Kier molecular flexibility index (Phi) is 2.81. The second-order valence-electron chi connectivity index (χ2n) is 6.73. The molecule has 1 aromatic carbocycles. The molecule has 3 aliphatic rings. The first-order chi connectivity index (χ1) is 10.2. The van der Waals surface area contributed by atoms with Gasteiger partial charge < -0.3 is 10.2 Å². The van der Waals surface area contributed by atoms with Gasteiger partial charge in [0.2, 0.25) is 11.8 Å². The largest absolute Gasteiger partial charge is 0.356 e. The molecule has 2 heterocycles. The zero-order chi connectivity index (χ0) is 14.4. The minimum Gasteiger partial charge on any atom is -0.356 e. The van der Waals surface area contributed by atoms with E-state index in [2.05, 4.69) is 17.4 Å². The van der Waals surface area contributed by atoms with Crippen LogP contribution < -0.4 is 5.32 Å². The lowest BCUT2D eigenvalue weighted by Gasteiger charge is -2.41. The number of fused-ring (bicyclic) bond motifs is 1. The summed E-state index contributed by atoms with van der Waals surface area (Å²) in [5.74, 6) is 0.516. The molecule has 1 N–H and O–H groups in total. The van der Waals surface area contributed by atoms with E-state index in [4.69, 9.17) is 0 Å². The summed E-state index contributed by atoms with van der Waals surface area (Å²) in [6.45, 7) is 2.39. The molecule has 1 spiro atoms. The molecule has 1 aliphatic carbocycles. The average Bonchev–Trinajstić information content (AvgIpc) is 2.82. The van der Waals surface area contributed by atoms with Gasteiger partial charge in [0.15, 0.2) is 0 Å². The minimum atomic E-state index is 0.0681. The molecule has 4 heteroatoms. The lowest BCUT2D eigenvalue weighted by molar-refractivity contribution is -0.135. The number of carbonyl (C=O) groups excluding carboxylic acids is 2. The molecule has 110 valence electrons. The van der Waals surface area contributed by atoms with Gasteiger partial charge in [0, 0.05) is 26.1 Å². The van der Waals surface area contributed by atoms with Crippen molar-refractivity contribution in [2.45, 2.75) is 31.6 Å². The zero-order valence-corrected chi connectivity index (χ0v) is 12.1. The fourth-order valence-electron chi connectivity index (χ4n) is 4.01. The third-order valence-corrected chi connectivity index (χ3v) is 5.48. The van der Waals surface area contributed by atoms with E-state index in [9.17, 15) is 9.59 Å². The summed E-state index contributed by atoms with van der Waals surface area (Å²) in [4.78, 5) is 26.1. The number of hydrogen-bond donors (Lipinski definition) is 1. The first kappa shape index (κ1) is 12.9. The molecule has 2 amide bonds. The smallest absolute Gasteiger partial charge is 0.230 e. The highest BCUT2D eigenvalue weighted by atomic mass is 16.2. The monoisotopic (exact) mass is 284 g/mol. The van der Waals surface area contributed by atoms with Gasteiger partial charge in [-0.25, -0.2) is 0 Å². The fourth-order valence-corrected chi connectivity index (χ4v) is 4.01. The maximum Gasteiger partial charge on any atom is 0.230 e. The number of rotatable bonds is 1. The van der Waals surface area contributed by atoms with Crippen molar-refractivity contribution in [2.75, 3.05) is 19.6 Å². The molecule has 0 radical (unpaired) electrons. The van der Waals surface area contributed by atoms with Crippen LogP contribution in [-0.2, 0) is 16.0 Å². The molecule has 2 fully saturated rings. The Balaban J connectivity index is 1.41. The molecule has 1 unspecified atom stereocenters. The first-order valence-electron chi connectivity index (χ1n) is 7.80. The second kappa shape index (κ2) is 4.58. The van der Waals surface area contributed by atoms with Crippen LogP contribution in [0.2, 0.25) is 0 Å². The van der Waals surface area contributed by atoms with Crippen molar-refractivity contribution in [3.05, 3.63) is 35.4 Å². The van der Waals surface area contributed by atoms with Gasteiger partial charge in [-0.2, -0.15) is 0 Å². The maximum atomic E-state index is 12.7. The van der Waals surface area contributed by atoms with E-state index >= 15 is 0 Å². The molecule has 21 heavy (non-hydrogen) atoms. The van der Waals surface area contributed by atoms with Crippen LogP contribution in [-0.4, -0.2) is 36.3 Å². The van der Waals surface area contributed by atoms with Crippen LogP contribution in [0, 0.1) is 5.41 Å². The Morgan fingerprint density at radius 1 is 1.24 bits per heavy atom. The van der Waals surface area contributed by atoms with Crippen LogP contribution in [0.25, 0.3) is 0 Å². The topological polar surface area (TPSA) is 49.4 Å². The van der Waals surface area contributed by atoms with Crippen LogP contribution in [0.3, 0.4) is 0 Å². The Morgan fingerprint density at radius 3 is 2.67 bits per heavy atom. The van der Waals surface area contributed by atoms with Gasteiger partial charge in [-0.1, -0.05) is 24.3 Å². The fraction of sp³-hybridized carbons (Fsp3) is 0.529. The Hall–Kier alpha value is -1.84. The third kappa shape index (κ3) is 2.04. The number of nitrogens with zero attached hydrogens (tertiary/aromatic N) is 1. The normalized spacial score (nSPS) is 26.2. The zero-order valence-electron chi connectivity index (χ0n) is 12.1. The standard InChI is InChI=1S/C17H20N2O2/c20-15-10-17(11-18-15)5-7-19(8-6-17)16(21)14-9-12-3-1-2-4-13(12)14/h1-4,14H,5-11H2,(H,18,20). The molecule has 4 nitrogen and oxygen atoms in total. The van der Waals surface area contributed by atoms with E-state index in [0.717, 1.165) is 38.9 Å². The molecule has 4 rings (SSSR count). The summed E-state index contributed by atoms with van der Waals surface area (Å²) in [5.41, 5.74) is 2.64. The molecule has 2 saturated heterocycles. The van der Waals surface area contributed by atoms with E-state index < -0.39 is 0 Å². The minimum absolute atomic E-state index is 0.0681. The lowest BCUT2D eigenvalue weighted by Crippen LogP contribution is -2.47. The number of likely N-dealkylation sites (tertiary alicyclic amines) is 1. The molecular formula is C17H20N2O2. The molecule has 1 aromatic rings. The van der Waals surface area contributed by atoms with Gasteiger partial charge in [0.05, 0.1) is 5.92 Å². The highest BCUT2D eigenvalue weighted by Crippen LogP contribution is 2.40. The Bertz CT molecular complexity index is 603. The third-order valence-electron chi connectivity index (χ3n) is 5.48. The quantitative estimate of drug-likeness (QED) is 0.848. The van der Waals surface area contributed by atoms with Crippen molar-refractivity contribution >= 4 is 11.8 Å². The summed E-state index contributed by atoms with van der Waals surface area (Å²) in [6.07, 6.45) is 3.43. The second-order valence-corrected chi connectivity index (χ2v) is 6.73. The molecular weight excluding hydrogens is 264 g/mol. The van der Waals surface area contributed by atoms with Crippen LogP contribution in [0.4, 0.5) is 0 Å². The molecule has 0 saturated carbocycles. The number of carbonyl (C=O) groups is 2. The van der Waals surface area contributed by atoms with Crippen LogP contribution in [0.15, 0.2) is 24.3 Å². The summed E-state index contributed by atoms with van der Waals surface area (Å²) >= 11 is 0. The summed E-state index contributed by atoms with van der Waals surface area (Å²) in [6, 6.07) is 8.24. The van der Waals surface area contributed by atoms with Gasteiger partial charge in [0.25, 0.3) is 0 Å². The van der Waals surface area contributed by atoms with Gasteiger partial charge in [-0.05, 0) is 35.8 Å². The molecule has 0 aromatic heterocycles. The van der Waals surface area contributed by atoms with Crippen molar-refractivity contribution < 1.29 is 9.59 Å². The number of hydrogen-bond acceptors (Lipinski definition) is 2. The van der Waals surface area contributed by atoms with E-state index in [1.54, 1.807) is 0 Å². The summed E-state index contributed by atoms with van der Waals surface area (Å²) in [7, 11) is 0. The van der Waals surface area contributed by atoms with Crippen molar-refractivity contribution in [1.29, 1.82) is 0 Å². The van der Waals surface area contributed by atoms with E-state index in [-0.39, 0.29) is 23.1 Å². The van der Waals surface area contributed by atoms with Gasteiger partial charge in [0.1, 0.15) is 0 Å². The van der Waals surface area contributed by atoms with E-state index in [1.165, 1.54) is 11.1 Å². The number of amides is 2. The van der Waals surface area contributed by atoms with Gasteiger partial charge in [-0.15, -0.1) is 0 Å². The summed E-state index contributed by atoms with van der Waals surface area (Å²) in [5, 5.41) is 2.94. The van der Waals surface area contributed by atoms with Gasteiger partial charge in [-0.3, -0.25) is 9.59 Å². The molecule has 0 bridgehead atoms. The lowest BCUT2D eigenvalue weighted by atomic mass is 9.74. The predicted molar refractivity (Wildman–Crippen MR) is 78.8 cm³/mol. The highest BCUT2D eigenvalue weighted by Gasteiger charge is 2.43. The molecule has 2 aliphatic heterocycles. The van der Waals surface area contributed by atoms with Crippen LogP contribution in [0.1, 0.15) is 36.3 Å². The summed E-state index contributed by atoms with van der Waals surface area (Å²) < 4.78 is 0. The van der Waals surface area contributed by atoms with Crippen LogP contribution >= 0.6 is 0 Å². The van der Waals surface area contributed by atoms with Crippen molar-refractivity contribution in [3.8, 4) is 0 Å². The first-order valence-corrected chi connectivity index (χ1v) is 7.80. The number of piperidine rings is 1. The predicted octanol–water partition coefficient (Wildman–Crippen LogP) is 1.45. The number of benzene rings is 1. The number of nitrogens with one attached hydrogen (secondary N) is 1. The Labute approximate surface area is 124 Å². The average molecular weight is 284 g/mol.